The van der Waals surface area contributed by atoms with Gasteiger partial charge in [0.05, 0.1) is 11.1 Å². The number of halogens is 1. The minimum Gasteiger partial charge on any atom is -0.492 e. The third-order valence-electron chi connectivity index (χ3n) is 2.64. The van der Waals surface area contributed by atoms with Crippen LogP contribution in [0.15, 0.2) is 22.7 Å². The van der Waals surface area contributed by atoms with Crippen molar-refractivity contribution >= 4 is 15.9 Å². The number of benzene rings is 1. The fraction of sp³-hybridized carbons (Fsp3) is 0.538. The molecule has 1 atom stereocenters. The lowest BCUT2D eigenvalue weighted by atomic mass is 10.1. The Balaban J connectivity index is 2.57. The van der Waals surface area contributed by atoms with Gasteiger partial charge in [-0.1, -0.05) is 6.07 Å². The first-order chi connectivity index (χ1) is 8.19. The van der Waals surface area contributed by atoms with Gasteiger partial charge in [-0.2, -0.15) is 0 Å². The molecular weight excluding hydrogens is 282 g/mol. The van der Waals surface area contributed by atoms with E-state index in [0.717, 1.165) is 23.2 Å². The van der Waals surface area contributed by atoms with Crippen LogP contribution in [0.25, 0.3) is 0 Å². The highest BCUT2D eigenvalue weighted by Crippen LogP contribution is 2.28. The second kappa shape index (κ2) is 7.69. The van der Waals surface area contributed by atoms with E-state index >= 15 is 0 Å². The largest absolute Gasteiger partial charge is 0.492 e. The monoisotopic (exact) mass is 301 g/mol. The summed E-state index contributed by atoms with van der Waals surface area (Å²) < 4.78 is 11.6. The van der Waals surface area contributed by atoms with Gasteiger partial charge in [-0.15, -0.1) is 0 Å². The van der Waals surface area contributed by atoms with Crippen LogP contribution in [0.3, 0.4) is 0 Å². The first-order valence-electron chi connectivity index (χ1n) is 5.77. The molecule has 1 N–H and O–H groups in total. The van der Waals surface area contributed by atoms with Crippen molar-refractivity contribution in [2.24, 2.45) is 0 Å². The van der Waals surface area contributed by atoms with Gasteiger partial charge < -0.3 is 14.8 Å². The van der Waals surface area contributed by atoms with Gasteiger partial charge >= 0.3 is 0 Å². The summed E-state index contributed by atoms with van der Waals surface area (Å²) >= 11 is 3.53. The normalized spacial score (nSPS) is 12.5. The van der Waals surface area contributed by atoms with Crippen molar-refractivity contribution in [3.63, 3.8) is 0 Å². The fourth-order valence-corrected chi connectivity index (χ4v) is 1.97. The molecule has 0 aromatic heterocycles. The number of hydrogen-bond acceptors (Lipinski definition) is 3. The minimum absolute atomic E-state index is 0.342. The molecule has 0 amide bonds. The van der Waals surface area contributed by atoms with Crippen molar-refractivity contribution in [3.05, 3.63) is 28.2 Å². The van der Waals surface area contributed by atoms with Crippen molar-refractivity contribution in [1.82, 2.24) is 5.32 Å². The summed E-state index contributed by atoms with van der Waals surface area (Å²) in [6.45, 7) is 3.53. The summed E-state index contributed by atoms with van der Waals surface area (Å²) in [4.78, 5) is 0. The van der Waals surface area contributed by atoms with Gasteiger partial charge in [0.15, 0.2) is 0 Å². The highest BCUT2D eigenvalue weighted by Gasteiger charge is 2.06. The molecule has 0 radical (unpaired) electrons. The third kappa shape index (κ3) is 4.66. The predicted octanol–water partition coefficient (Wildman–Crippen LogP) is 3.14. The van der Waals surface area contributed by atoms with Crippen molar-refractivity contribution in [2.45, 2.75) is 19.4 Å². The zero-order valence-electron chi connectivity index (χ0n) is 10.6. The molecule has 0 bridgehead atoms. The maximum Gasteiger partial charge on any atom is 0.133 e. The van der Waals surface area contributed by atoms with Gasteiger partial charge in [-0.3, -0.25) is 0 Å². The molecule has 0 heterocycles. The zero-order valence-corrected chi connectivity index (χ0v) is 12.2. The Labute approximate surface area is 112 Å². The van der Waals surface area contributed by atoms with E-state index in [2.05, 4.69) is 40.3 Å². The Morgan fingerprint density at radius 3 is 2.71 bits per heavy atom. The summed E-state index contributed by atoms with van der Waals surface area (Å²) in [5.74, 6) is 0.883. The van der Waals surface area contributed by atoms with Crippen LogP contribution in [0.2, 0.25) is 0 Å². The molecule has 0 aliphatic carbocycles. The van der Waals surface area contributed by atoms with Gasteiger partial charge in [-0.05, 0) is 47.6 Å². The Morgan fingerprint density at radius 2 is 2.12 bits per heavy atom. The first-order valence-corrected chi connectivity index (χ1v) is 6.56. The molecule has 4 heteroatoms. The van der Waals surface area contributed by atoms with Crippen molar-refractivity contribution in [3.8, 4) is 5.75 Å². The predicted molar refractivity (Wildman–Crippen MR) is 73.6 cm³/mol. The second-order valence-corrected chi connectivity index (χ2v) is 4.75. The summed E-state index contributed by atoms with van der Waals surface area (Å²) in [5.41, 5.74) is 1.24. The van der Waals surface area contributed by atoms with Gasteiger partial charge in [0.1, 0.15) is 5.75 Å². The standard InChI is InChI=1S/C13H20BrNO2/c1-10(15-2)11-5-6-13(12(14)9-11)17-8-4-7-16-3/h5-6,9-10,15H,4,7-8H2,1-3H3. The molecule has 0 aliphatic heterocycles. The Kier molecular flexibility index (Phi) is 6.55. The van der Waals surface area contributed by atoms with Crippen LogP contribution in [0, 0.1) is 0 Å². The maximum atomic E-state index is 5.66. The Hall–Kier alpha value is -0.580. The van der Waals surface area contributed by atoms with Crippen LogP contribution in [0.4, 0.5) is 0 Å². The average molecular weight is 302 g/mol. The van der Waals surface area contributed by atoms with E-state index < -0.39 is 0 Å². The summed E-state index contributed by atoms with van der Waals surface area (Å²) in [6.07, 6.45) is 0.900. The van der Waals surface area contributed by atoms with Crippen LogP contribution in [0.1, 0.15) is 24.9 Å². The lowest BCUT2D eigenvalue weighted by molar-refractivity contribution is 0.172. The SMILES string of the molecule is CNC(C)c1ccc(OCCCOC)c(Br)c1. The number of methoxy groups -OCH3 is 1. The van der Waals surface area contributed by atoms with Gasteiger partial charge in [-0.25, -0.2) is 0 Å². The number of ether oxygens (including phenoxy) is 2. The highest BCUT2D eigenvalue weighted by atomic mass is 79.9. The van der Waals surface area contributed by atoms with E-state index in [1.807, 2.05) is 13.1 Å². The average Bonchev–Trinajstić information content (AvgIpc) is 2.35. The van der Waals surface area contributed by atoms with E-state index in [4.69, 9.17) is 9.47 Å². The lowest BCUT2D eigenvalue weighted by Crippen LogP contribution is -2.12. The van der Waals surface area contributed by atoms with Crippen molar-refractivity contribution in [1.29, 1.82) is 0 Å². The molecule has 0 saturated heterocycles. The number of nitrogens with one attached hydrogen (secondary N) is 1. The fourth-order valence-electron chi connectivity index (χ4n) is 1.46. The first kappa shape index (κ1) is 14.5. The Bertz CT molecular complexity index is 344. The van der Waals surface area contributed by atoms with Crippen LogP contribution < -0.4 is 10.1 Å². The summed E-state index contributed by atoms with van der Waals surface area (Å²) in [6, 6.07) is 6.51. The van der Waals surface area contributed by atoms with Crippen LogP contribution in [0.5, 0.6) is 5.75 Å². The van der Waals surface area contributed by atoms with Crippen molar-refractivity contribution < 1.29 is 9.47 Å². The van der Waals surface area contributed by atoms with Gasteiger partial charge in [0.2, 0.25) is 0 Å². The van der Waals surface area contributed by atoms with E-state index in [1.165, 1.54) is 5.56 Å². The molecule has 0 aliphatic rings. The molecule has 0 saturated carbocycles. The smallest absolute Gasteiger partial charge is 0.133 e. The zero-order chi connectivity index (χ0) is 12.7. The molecule has 3 nitrogen and oxygen atoms in total. The highest BCUT2D eigenvalue weighted by molar-refractivity contribution is 9.10. The topological polar surface area (TPSA) is 30.5 Å². The van der Waals surface area contributed by atoms with E-state index in [1.54, 1.807) is 7.11 Å². The van der Waals surface area contributed by atoms with Crippen molar-refractivity contribution in [2.75, 3.05) is 27.4 Å². The molecule has 17 heavy (non-hydrogen) atoms. The van der Waals surface area contributed by atoms with Gasteiger partial charge in [0, 0.05) is 26.2 Å². The third-order valence-corrected chi connectivity index (χ3v) is 3.26. The molecule has 0 fully saturated rings. The Morgan fingerprint density at radius 1 is 1.35 bits per heavy atom. The molecule has 0 spiro atoms. The quantitative estimate of drug-likeness (QED) is 0.785. The minimum atomic E-state index is 0.342. The molecule has 1 aromatic rings. The summed E-state index contributed by atoms with van der Waals surface area (Å²) in [5, 5.41) is 3.21. The molecule has 96 valence electrons. The molecule has 1 rings (SSSR count). The lowest BCUT2D eigenvalue weighted by Gasteiger charge is -2.13. The maximum absolute atomic E-state index is 5.66. The second-order valence-electron chi connectivity index (χ2n) is 3.90. The van der Waals surface area contributed by atoms with E-state index in [-0.39, 0.29) is 0 Å². The van der Waals surface area contributed by atoms with Crippen LogP contribution in [-0.4, -0.2) is 27.4 Å². The van der Waals surface area contributed by atoms with Gasteiger partial charge in [0.25, 0.3) is 0 Å². The molecule has 1 unspecified atom stereocenters. The van der Waals surface area contributed by atoms with Crippen LogP contribution >= 0.6 is 15.9 Å². The van der Waals surface area contributed by atoms with Crippen LogP contribution in [-0.2, 0) is 4.74 Å². The molecular formula is C13H20BrNO2. The van der Waals surface area contributed by atoms with E-state index in [9.17, 15) is 0 Å². The van der Waals surface area contributed by atoms with E-state index in [0.29, 0.717) is 12.6 Å². The summed E-state index contributed by atoms with van der Waals surface area (Å²) in [7, 11) is 3.65. The number of rotatable bonds is 7. The number of hydrogen-bond donors (Lipinski definition) is 1. The molecule has 1 aromatic carbocycles.